The van der Waals surface area contributed by atoms with Gasteiger partial charge in [-0.25, -0.2) is 9.82 Å². The maximum Gasteiger partial charge on any atom is 0.132 e. The zero-order chi connectivity index (χ0) is 13.0. The van der Waals surface area contributed by atoms with E-state index in [9.17, 15) is 4.39 Å². The van der Waals surface area contributed by atoms with E-state index >= 15 is 0 Å². The summed E-state index contributed by atoms with van der Waals surface area (Å²) in [6.45, 7) is 0. The highest BCUT2D eigenvalue weighted by atomic mass is 19.1. The second kappa shape index (κ2) is 5.52. The van der Waals surface area contributed by atoms with E-state index in [1.54, 1.807) is 18.3 Å². The summed E-state index contributed by atoms with van der Waals surface area (Å²) < 4.78 is 18.9. The van der Waals surface area contributed by atoms with Crippen LogP contribution in [0.2, 0.25) is 0 Å². The SMILES string of the molecule is COc1ccc(C(NN)c2cnccn2)c(F)c1. The highest BCUT2D eigenvalue weighted by molar-refractivity contribution is 5.34. The van der Waals surface area contributed by atoms with Gasteiger partial charge in [0.25, 0.3) is 0 Å². The molecule has 0 aliphatic heterocycles. The third-order valence-electron chi connectivity index (χ3n) is 2.56. The molecule has 94 valence electrons. The van der Waals surface area contributed by atoms with Crippen molar-refractivity contribution in [1.82, 2.24) is 15.4 Å². The molecular weight excluding hydrogens is 235 g/mol. The van der Waals surface area contributed by atoms with Crippen molar-refractivity contribution < 1.29 is 9.13 Å². The molecule has 0 aliphatic carbocycles. The molecule has 1 aromatic heterocycles. The van der Waals surface area contributed by atoms with Gasteiger partial charge in [-0.05, 0) is 6.07 Å². The largest absolute Gasteiger partial charge is 0.497 e. The number of nitrogens with one attached hydrogen (secondary N) is 1. The summed E-state index contributed by atoms with van der Waals surface area (Å²) in [5, 5.41) is 0. The van der Waals surface area contributed by atoms with Crippen molar-refractivity contribution in [2.75, 3.05) is 7.11 Å². The highest BCUT2D eigenvalue weighted by Gasteiger charge is 2.18. The molecule has 3 N–H and O–H groups in total. The molecular formula is C12H13FN4O. The molecule has 1 atom stereocenters. The van der Waals surface area contributed by atoms with Crippen LogP contribution in [0.25, 0.3) is 0 Å². The predicted octanol–water partition coefficient (Wildman–Crippen LogP) is 1.18. The first-order valence-corrected chi connectivity index (χ1v) is 5.31. The van der Waals surface area contributed by atoms with Gasteiger partial charge in [-0.3, -0.25) is 15.8 Å². The first kappa shape index (κ1) is 12.4. The molecule has 0 amide bonds. The van der Waals surface area contributed by atoms with Gasteiger partial charge in [-0.15, -0.1) is 0 Å². The Hall–Kier alpha value is -2.05. The number of benzene rings is 1. The summed E-state index contributed by atoms with van der Waals surface area (Å²) in [6.07, 6.45) is 4.61. The van der Waals surface area contributed by atoms with E-state index < -0.39 is 11.9 Å². The number of halogens is 1. The lowest BCUT2D eigenvalue weighted by molar-refractivity contribution is 0.410. The van der Waals surface area contributed by atoms with Gasteiger partial charge in [-0.2, -0.15) is 0 Å². The van der Waals surface area contributed by atoms with Crippen LogP contribution in [-0.4, -0.2) is 17.1 Å². The molecule has 0 fully saturated rings. The standard InChI is InChI=1S/C12H13FN4O/c1-18-8-2-3-9(10(13)6-8)12(17-14)11-7-15-4-5-16-11/h2-7,12,17H,14H2,1H3. The van der Waals surface area contributed by atoms with Crippen LogP contribution in [-0.2, 0) is 0 Å². The van der Waals surface area contributed by atoms with Crippen LogP contribution in [0.1, 0.15) is 17.3 Å². The van der Waals surface area contributed by atoms with Crippen molar-refractivity contribution >= 4 is 0 Å². The van der Waals surface area contributed by atoms with Crippen LogP contribution in [0.15, 0.2) is 36.8 Å². The van der Waals surface area contributed by atoms with Crippen LogP contribution >= 0.6 is 0 Å². The summed E-state index contributed by atoms with van der Waals surface area (Å²) in [6, 6.07) is 4.02. The molecule has 0 aliphatic rings. The summed E-state index contributed by atoms with van der Waals surface area (Å²) in [5.74, 6) is 5.50. The second-order valence-corrected chi connectivity index (χ2v) is 3.62. The number of nitrogens with zero attached hydrogens (tertiary/aromatic N) is 2. The number of rotatable bonds is 4. The number of hydrogen-bond donors (Lipinski definition) is 2. The van der Waals surface area contributed by atoms with Crippen LogP contribution < -0.4 is 16.0 Å². The number of methoxy groups -OCH3 is 1. The summed E-state index contributed by atoms with van der Waals surface area (Å²) in [5.41, 5.74) is 3.46. The van der Waals surface area contributed by atoms with Crippen molar-refractivity contribution in [2.24, 2.45) is 5.84 Å². The van der Waals surface area contributed by atoms with E-state index in [1.807, 2.05) is 0 Å². The van der Waals surface area contributed by atoms with E-state index in [4.69, 9.17) is 10.6 Å². The van der Waals surface area contributed by atoms with Crippen molar-refractivity contribution in [2.45, 2.75) is 6.04 Å². The molecule has 0 saturated heterocycles. The minimum absolute atomic E-state index is 0.388. The van der Waals surface area contributed by atoms with E-state index in [0.717, 1.165) is 0 Å². The fourth-order valence-corrected chi connectivity index (χ4v) is 1.66. The van der Waals surface area contributed by atoms with Crippen LogP contribution in [0.4, 0.5) is 4.39 Å². The van der Waals surface area contributed by atoms with Gasteiger partial charge in [-0.1, -0.05) is 6.07 Å². The smallest absolute Gasteiger partial charge is 0.132 e. The molecule has 0 saturated carbocycles. The average Bonchev–Trinajstić information content (AvgIpc) is 2.42. The number of hydrazine groups is 1. The van der Waals surface area contributed by atoms with Gasteiger partial charge < -0.3 is 4.74 Å². The number of hydrogen-bond acceptors (Lipinski definition) is 5. The molecule has 18 heavy (non-hydrogen) atoms. The van der Waals surface area contributed by atoms with Gasteiger partial charge in [0.2, 0.25) is 0 Å². The molecule has 5 nitrogen and oxygen atoms in total. The molecule has 2 rings (SSSR count). The molecule has 2 aromatic rings. The molecule has 1 heterocycles. The number of nitrogens with two attached hydrogens (primary N) is 1. The molecule has 0 radical (unpaired) electrons. The Morgan fingerprint density at radius 2 is 2.22 bits per heavy atom. The minimum Gasteiger partial charge on any atom is -0.497 e. The van der Waals surface area contributed by atoms with Crippen LogP contribution in [0.3, 0.4) is 0 Å². The van der Waals surface area contributed by atoms with E-state index in [1.165, 1.54) is 25.6 Å². The Labute approximate surface area is 104 Å². The molecule has 6 heteroatoms. The van der Waals surface area contributed by atoms with Crippen molar-refractivity contribution in [1.29, 1.82) is 0 Å². The zero-order valence-electron chi connectivity index (χ0n) is 9.80. The zero-order valence-corrected chi connectivity index (χ0v) is 9.80. The Morgan fingerprint density at radius 1 is 1.39 bits per heavy atom. The normalized spacial score (nSPS) is 12.2. The third-order valence-corrected chi connectivity index (χ3v) is 2.56. The quantitative estimate of drug-likeness (QED) is 0.628. The fraction of sp³-hybridized carbons (Fsp3) is 0.167. The number of aromatic nitrogens is 2. The van der Waals surface area contributed by atoms with Gasteiger partial charge in [0.1, 0.15) is 11.6 Å². The van der Waals surface area contributed by atoms with Crippen molar-refractivity contribution in [3.8, 4) is 5.75 Å². The summed E-state index contributed by atoms with van der Waals surface area (Å²) in [7, 11) is 1.48. The first-order valence-electron chi connectivity index (χ1n) is 5.31. The van der Waals surface area contributed by atoms with Gasteiger partial charge in [0.15, 0.2) is 0 Å². The Morgan fingerprint density at radius 3 is 2.78 bits per heavy atom. The van der Waals surface area contributed by atoms with Gasteiger partial charge in [0, 0.05) is 24.0 Å². The van der Waals surface area contributed by atoms with E-state index in [-0.39, 0.29) is 0 Å². The second-order valence-electron chi connectivity index (χ2n) is 3.62. The molecule has 1 unspecified atom stereocenters. The lowest BCUT2D eigenvalue weighted by Gasteiger charge is -2.16. The van der Waals surface area contributed by atoms with Gasteiger partial charge in [0.05, 0.1) is 25.0 Å². The fourth-order valence-electron chi connectivity index (χ4n) is 1.66. The Bertz CT molecular complexity index is 521. The van der Waals surface area contributed by atoms with E-state index in [0.29, 0.717) is 17.0 Å². The molecule has 0 bridgehead atoms. The summed E-state index contributed by atoms with van der Waals surface area (Å²) >= 11 is 0. The topological polar surface area (TPSA) is 73.1 Å². The van der Waals surface area contributed by atoms with E-state index in [2.05, 4.69) is 15.4 Å². The van der Waals surface area contributed by atoms with Crippen molar-refractivity contribution in [3.05, 3.63) is 53.9 Å². The predicted molar refractivity (Wildman–Crippen MR) is 64.2 cm³/mol. The third kappa shape index (κ3) is 2.44. The molecule has 0 spiro atoms. The van der Waals surface area contributed by atoms with Crippen molar-refractivity contribution in [3.63, 3.8) is 0 Å². The Balaban J connectivity index is 2.39. The lowest BCUT2D eigenvalue weighted by atomic mass is 10.0. The number of ether oxygens (including phenoxy) is 1. The Kier molecular flexibility index (Phi) is 3.81. The maximum absolute atomic E-state index is 13.9. The average molecular weight is 248 g/mol. The lowest BCUT2D eigenvalue weighted by Crippen LogP contribution is -2.30. The minimum atomic E-state index is -0.551. The van der Waals surface area contributed by atoms with Crippen LogP contribution in [0, 0.1) is 5.82 Å². The van der Waals surface area contributed by atoms with Crippen LogP contribution in [0.5, 0.6) is 5.75 Å². The van der Waals surface area contributed by atoms with Gasteiger partial charge >= 0.3 is 0 Å². The molecule has 1 aromatic carbocycles. The monoisotopic (exact) mass is 248 g/mol. The first-order chi connectivity index (χ1) is 8.76. The summed E-state index contributed by atoms with van der Waals surface area (Å²) in [4.78, 5) is 8.04. The highest BCUT2D eigenvalue weighted by Crippen LogP contribution is 2.24. The maximum atomic E-state index is 13.9.